The molecule has 0 aliphatic heterocycles. The molecule has 1 atom stereocenters. The van der Waals surface area contributed by atoms with Gasteiger partial charge in [0.1, 0.15) is 17.7 Å². The fourth-order valence-electron chi connectivity index (χ4n) is 4.06. The number of halogens is 2. The van der Waals surface area contributed by atoms with Crippen LogP contribution in [0.3, 0.4) is 0 Å². The zero-order valence-electron chi connectivity index (χ0n) is 17.7. The molecule has 2 aromatic rings. The summed E-state index contributed by atoms with van der Waals surface area (Å²) in [6.45, 7) is 0.195. The highest BCUT2D eigenvalue weighted by Gasteiger charge is 2.33. The summed E-state index contributed by atoms with van der Waals surface area (Å²) in [5, 5.41) is 3.73. The van der Waals surface area contributed by atoms with Crippen LogP contribution < -0.4 is 10.1 Å². The highest BCUT2D eigenvalue weighted by molar-refractivity contribution is 6.30. The predicted octanol–water partition coefficient (Wildman–Crippen LogP) is 5.11. The average molecular weight is 463 g/mol. The minimum absolute atomic E-state index is 0.121. The molecule has 2 aromatic carbocycles. The number of carbonyl (C=O) groups is 2. The number of alkyl halides is 1. The fourth-order valence-corrected chi connectivity index (χ4v) is 4.34. The summed E-state index contributed by atoms with van der Waals surface area (Å²) in [4.78, 5) is 28.0. The first-order valence-electron chi connectivity index (χ1n) is 10.6. The topological polar surface area (TPSA) is 58.6 Å². The lowest BCUT2D eigenvalue weighted by Crippen LogP contribution is -2.47. The number of amides is 2. The van der Waals surface area contributed by atoms with Gasteiger partial charge in [0.15, 0.2) is 0 Å². The third-order valence-corrected chi connectivity index (χ3v) is 6.15. The number of ether oxygens (including phenoxy) is 1. The molecule has 3 rings (SSSR count). The molecule has 166 valence electrons. The van der Waals surface area contributed by atoms with E-state index in [9.17, 15) is 9.59 Å². The van der Waals surface area contributed by atoms with E-state index in [1.54, 1.807) is 31.4 Å². The molecule has 0 spiro atoms. The van der Waals surface area contributed by atoms with Crippen LogP contribution in [0.5, 0.6) is 5.75 Å². The largest absolute Gasteiger partial charge is 0.496 e. The van der Waals surface area contributed by atoms with Crippen LogP contribution in [0.15, 0.2) is 48.5 Å². The van der Waals surface area contributed by atoms with Gasteiger partial charge in [-0.25, -0.2) is 0 Å². The van der Waals surface area contributed by atoms with Gasteiger partial charge in [0.2, 0.25) is 11.8 Å². The first kappa shape index (κ1) is 23.4. The van der Waals surface area contributed by atoms with E-state index in [4.69, 9.17) is 27.9 Å². The molecule has 0 bridgehead atoms. The van der Waals surface area contributed by atoms with E-state index in [1.807, 2.05) is 24.3 Å². The highest BCUT2D eigenvalue weighted by atomic mass is 35.5. The van der Waals surface area contributed by atoms with E-state index in [0.29, 0.717) is 16.3 Å². The molecule has 0 heterocycles. The van der Waals surface area contributed by atoms with Crippen molar-refractivity contribution in [3.8, 4) is 5.75 Å². The third kappa shape index (κ3) is 6.14. The predicted molar refractivity (Wildman–Crippen MR) is 123 cm³/mol. The number of nitrogens with one attached hydrogen (secondary N) is 1. The number of methoxy groups -OCH3 is 1. The molecule has 7 heteroatoms. The van der Waals surface area contributed by atoms with Gasteiger partial charge in [0.25, 0.3) is 0 Å². The lowest BCUT2D eigenvalue weighted by atomic mass is 9.94. The summed E-state index contributed by atoms with van der Waals surface area (Å²) in [5.41, 5.74) is 1.49. The van der Waals surface area contributed by atoms with Gasteiger partial charge in [-0.1, -0.05) is 61.2 Å². The Kier molecular flexibility index (Phi) is 8.61. The van der Waals surface area contributed by atoms with Crippen LogP contribution in [0, 0.1) is 0 Å². The number of rotatable bonds is 8. The van der Waals surface area contributed by atoms with Crippen LogP contribution >= 0.6 is 23.2 Å². The van der Waals surface area contributed by atoms with Gasteiger partial charge in [-0.3, -0.25) is 9.59 Å². The van der Waals surface area contributed by atoms with Crippen LogP contribution in [-0.2, 0) is 16.1 Å². The molecule has 31 heavy (non-hydrogen) atoms. The number of hydrogen-bond donors (Lipinski definition) is 1. The summed E-state index contributed by atoms with van der Waals surface area (Å²) in [7, 11) is 1.58. The van der Waals surface area contributed by atoms with E-state index < -0.39 is 6.04 Å². The Morgan fingerprint density at radius 2 is 1.77 bits per heavy atom. The van der Waals surface area contributed by atoms with Gasteiger partial charge in [-0.15, -0.1) is 11.6 Å². The van der Waals surface area contributed by atoms with Gasteiger partial charge < -0.3 is 15.0 Å². The monoisotopic (exact) mass is 462 g/mol. The molecule has 1 N–H and O–H groups in total. The maximum atomic E-state index is 13.5. The second kappa shape index (κ2) is 11.4. The number of para-hydroxylation sites is 1. The lowest BCUT2D eigenvalue weighted by Gasteiger charge is -2.33. The standard InChI is InChI=1S/C24H28Cl2N2O3/c1-31-21-10-6-5-7-18(21)16-28(22(29)15-25)23(17-11-13-19(26)14-12-17)24(30)27-20-8-3-2-4-9-20/h5-7,10-14,20,23H,2-4,8-9,15-16H2,1H3,(H,27,30). The minimum atomic E-state index is -0.824. The molecule has 0 aromatic heterocycles. The summed E-state index contributed by atoms with van der Waals surface area (Å²) in [5.74, 6) is -0.109. The molecule has 5 nitrogen and oxygen atoms in total. The first-order chi connectivity index (χ1) is 15.0. The van der Waals surface area contributed by atoms with Crippen LogP contribution in [0.2, 0.25) is 5.02 Å². The number of carbonyl (C=O) groups excluding carboxylic acids is 2. The van der Waals surface area contributed by atoms with E-state index in [-0.39, 0.29) is 30.3 Å². The van der Waals surface area contributed by atoms with Gasteiger partial charge in [0.05, 0.1) is 13.7 Å². The summed E-state index contributed by atoms with van der Waals surface area (Å²) >= 11 is 12.0. The summed E-state index contributed by atoms with van der Waals surface area (Å²) in [6.07, 6.45) is 5.30. The number of nitrogens with zero attached hydrogens (tertiary/aromatic N) is 1. The molecule has 1 fully saturated rings. The average Bonchev–Trinajstić information content (AvgIpc) is 2.80. The first-order valence-corrected chi connectivity index (χ1v) is 11.5. The quantitative estimate of drug-likeness (QED) is 0.554. The molecule has 0 saturated heterocycles. The van der Waals surface area contributed by atoms with Crippen molar-refractivity contribution in [2.24, 2.45) is 0 Å². The van der Waals surface area contributed by atoms with Gasteiger partial charge in [-0.05, 0) is 36.6 Å². The Labute approximate surface area is 193 Å². The normalized spacial score (nSPS) is 15.2. The van der Waals surface area contributed by atoms with Crippen molar-refractivity contribution in [3.63, 3.8) is 0 Å². The van der Waals surface area contributed by atoms with Crippen LogP contribution in [0.4, 0.5) is 0 Å². The molecule has 1 aliphatic rings. The Morgan fingerprint density at radius 1 is 1.10 bits per heavy atom. The van der Waals surface area contributed by atoms with Crippen molar-refractivity contribution in [1.29, 1.82) is 0 Å². The maximum absolute atomic E-state index is 13.5. The molecule has 2 amide bonds. The molecule has 1 saturated carbocycles. The Morgan fingerprint density at radius 3 is 2.42 bits per heavy atom. The van der Waals surface area contributed by atoms with Crippen LogP contribution in [-0.4, -0.2) is 35.7 Å². The fraction of sp³-hybridized carbons (Fsp3) is 0.417. The Hall–Kier alpha value is -2.24. The van der Waals surface area contributed by atoms with Crippen LogP contribution in [0.25, 0.3) is 0 Å². The van der Waals surface area contributed by atoms with Crippen molar-refractivity contribution in [2.45, 2.75) is 50.7 Å². The van der Waals surface area contributed by atoms with Crippen molar-refractivity contribution in [3.05, 3.63) is 64.7 Å². The van der Waals surface area contributed by atoms with E-state index in [0.717, 1.165) is 31.2 Å². The van der Waals surface area contributed by atoms with Crippen molar-refractivity contribution >= 4 is 35.0 Å². The zero-order valence-corrected chi connectivity index (χ0v) is 19.2. The third-order valence-electron chi connectivity index (χ3n) is 5.67. The lowest BCUT2D eigenvalue weighted by molar-refractivity contribution is -0.140. The van der Waals surface area contributed by atoms with E-state index in [1.165, 1.54) is 11.3 Å². The smallest absolute Gasteiger partial charge is 0.247 e. The van der Waals surface area contributed by atoms with E-state index >= 15 is 0 Å². The second-order valence-corrected chi connectivity index (χ2v) is 8.47. The van der Waals surface area contributed by atoms with Crippen LogP contribution in [0.1, 0.15) is 49.3 Å². The minimum Gasteiger partial charge on any atom is -0.496 e. The van der Waals surface area contributed by atoms with Crippen molar-refractivity contribution in [2.75, 3.05) is 13.0 Å². The maximum Gasteiger partial charge on any atom is 0.247 e. The Balaban J connectivity index is 1.96. The molecule has 1 aliphatic carbocycles. The SMILES string of the molecule is COc1ccccc1CN(C(=O)CCl)C(C(=O)NC1CCCCC1)c1ccc(Cl)cc1. The van der Waals surface area contributed by atoms with Crippen molar-refractivity contribution in [1.82, 2.24) is 10.2 Å². The molecule has 0 radical (unpaired) electrons. The highest BCUT2D eigenvalue weighted by Crippen LogP contribution is 2.29. The summed E-state index contributed by atoms with van der Waals surface area (Å²) in [6, 6.07) is 13.8. The van der Waals surface area contributed by atoms with E-state index in [2.05, 4.69) is 5.32 Å². The molecular formula is C24H28Cl2N2O3. The number of hydrogen-bond acceptors (Lipinski definition) is 3. The summed E-state index contributed by atoms with van der Waals surface area (Å²) < 4.78 is 5.45. The van der Waals surface area contributed by atoms with Gasteiger partial charge >= 0.3 is 0 Å². The second-order valence-electron chi connectivity index (χ2n) is 7.76. The van der Waals surface area contributed by atoms with Gasteiger partial charge in [0, 0.05) is 16.6 Å². The molecular weight excluding hydrogens is 435 g/mol. The molecule has 1 unspecified atom stereocenters. The zero-order chi connectivity index (χ0) is 22.2. The Bertz CT molecular complexity index is 883. The number of benzene rings is 2. The van der Waals surface area contributed by atoms with Gasteiger partial charge in [-0.2, -0.15) is 0 Å². The van der Waals surface area contributed by atoms with Crippen molar-refractivity contribution < 1.29 is 14.3 Å².